The number of benzene rings is 1. The van der Waals surface area contributed by atoms with Gasteiger partial charge in [0.2, 0.25) is 5.91 Å². The van der Waals surface area contributed by atoms with Crippen molar-refractivity contribution in [2.24, 2.45) is 5.92 Å². The van der Waals surface area contributed by atoms with Crippen LogP contribution in [0.1, 0.15) is 27.9 Å². The Morgan fingerprint density at radius 2 is 2.04 bits per heavy atom. The van der Waals surface area contributed by atoms with Crippen molar-refractivity contribution in [3.8, 4) is 0 Å². The van der Waals surface area contributed by atoms with Gasteiger partial charge < -0.3 is 10.2 Å². The maximum atomic E-state index is 12.9. The van der Waals surface area contributed by atoms with Crippen molar-refractivity contribution in [3.05, 3.63) is 65.6 Å². The van der Waals surface area contributed by atoms with Crippen LogP contribution >= 0.6 is 0 Å². The van der Waals surface area contributed by atoms with Crippen LogP contribution in [-0.4, -0.2) is 50.9 Å². The summed E-state index contributed by atoms with van der Waals surface area (Å²) < 4.78 is 1.62. The minimum atomic E-state index is -0.170. The predicted octanol–water partition coefficient (Wildman–Crippen LogP) is 1.86. The van der Waals surface area contributed by atoms with E-state index in [1.54, 1.807) is 21.8 Å². The van der Waals surface area contributed by atoms with Gasteiger partial charge in [-0.25, -0.2) is 9.50 Å². The molecule has 0 unspecified atom stereocenters. The Labute approximate surface area is 163 Å². The van der Waals surface area contributed by atoms with Crippen molar-refractivity contribution in [2.75, 3.05) is 19.6 Å². The van der Waals surface area contributed by atoms with E-state index >= 15 is 0 Å². The van der Waals surface area contributed by atoms with Crippen LogP contribution in [0.25, 0.3) is 5.65 Å². The molecule has 1 fully saturated rings. The number of carbonyl (C=O) groups excluding carboxylic acids is 2. The summed E-state index contributed by atoms with van der Waals surface area (Å²) in [5.41, 5.74) is 3.20. The molecular formula is C21H23N5O2. The van der Waals surface area contributed by atoms with E-state index in [-0.39, 0.29) is 17.7 Å². The number of amides is 2. The van der Waals surface area contributed by atoms with E-state index in [1.165, 1.54) is 5.56 Å². The Balaban J connectivity index is 1.34. The first-order chi connectivity index (χ1) is 13.6. The molecular weight excluding hydrogens is 354 g/mol. The molecule has 2 aromatic heterocycles. The number of aryl methyl sites for hydroxylation is 1. The minimum absolute atomic E-state index is 0.0137. The zero-order valence-corrected chi connectivity index (χ0v) is 15.8. The fraction of sp³-hybridized carbons (Fsp3) is 0.333. The average molecular weight is 377 g/mol. The van der Waals surface area contributed by atoms with Crippen molar-refractivity contribution in [2.45, 2.75) is 19.8 Å². The highest BCUT2D eigenvalue weighted by atomic mass is 16.2. The van der Waals surface area contributed by atoms with Gasteiger partial charge in [-0.15, -0.1) is 0 Å². The highest BCUT2D eigenvalue weighted by Crippen LogP contribution is 2.20. The zero-order chi connectivity index (χ0) is 19.5. The van der Waals surface area contributed by atoms with Gasteiger partial charge in [-0.1, -0.05) is 30.3 Å². The van der Waals surface area contributed by atoms with Gasteiger partial charge in [-0.3, -0.25) is 9.59 Å². The average Bonchev–Trinajstić information content (AvgIpc) is 3.35. The monoisotopic (exact) mass is 377 g/mol. The maximum Gasteiger partial charge on any atom is 0.259 e. The first-order valence-electron chi connectivity index (χ1n) is 9.53. The number of fused-ring (bicyclic) bond motifs is 1. The van der Waals surface area contributed by atoms with E-state index in [4.69, 9.17) is 0 Å². The predicted molar refractivity (Wildman–Crippen MR) is 105 cm³/mol. The lowest BCUT2D eigenvalue weighted by atomic mass is 10.1. The quantitative estimate of drug-likeness (QED) is 0.736. The summed E-state index contributed by atoms with van der Waals surface area (Å²) in [6.07, 6.45) is 6.59. The summed E-state index contributed by atoms with van der Waals surface area (Å²) in [5, 5.41) is 7.22. The van der Waals surface area contributed by atoms with E-state index in [2.05, 4.69) is 15.4 Å². The molecule has 0 radical (unpaired) electrons. The molecule has 1 saturated heterocycles. The van der Waals surface area contributed by atoms with Gasteiger partial charge >= 0.3 is 0 Å². The molecule has 1 aliphatic rings. The molecule has 7 nitrogen and oxygen atoms in total. The topological polar surface area (TPSA) is 79.6 Å². The summed E-state index contributed by atoms with van der Waals surface area (Å²) in [5.74, 6) is -0.275. The molecule has 0 bridgehead atoms. The molecule has 1 atom stereocenters. The van der Waals surface area contributed by atoms with Gasteiger partial charge in [-0.2, -0.15) is 5.10 Å². The number of carbonyl (C=O) groups is 2. The van der Waals surface area contributed by atoms with Crippen LogP contribution in [0, 0.1) is 12.8 Å². The lowest BCUT2D eigenvalue weighted by Gasteiger charge is -2.16. The van der Waals surface area contributed by atoms with Crippen molar-refractivity contribution in [3.63, 3.8) is 0 Å². The number of aromatic nitrogens is 3. The highest BCUT2D eigenvalue weighted by molar-refractivity contribution is 6.00. The lowest BCUT2D eigenvalue weighted by Crippen LogP contribution is -2.35. The van der Waals surface area contributed by atoms with E-state index in [0.29, 0.717) is 37.3 Å². The molecule has 7 heteroatoms. The smallest absolute Gasteiger partial charge is 0.259 e. The lowest BCUT2D eigenvalue weighted by molar-refractivity contribution is -0.124. The Morgan fingerprint density at radius 1 is 1.21 bits per heavy atom. The Kier molecular flexibility index (Phi) is 5.06. The minimum Gasteiger partial charge on any atom is -0.355 e. The summed E-state index contributed by atoms with van der Waals surface area (Å²) >= 11 is 0. The second-order valence-corrected chi connectivity index (χ2v) is 7.22. The fourth-order valence-corrected chi connectivity index (χ4v) is 3.57. The molecule has 0 spiro atoms. The largest absolute Gasteiger partial charge is 0.355 e. The summed E-state index contributed by atoms with van der Waals surface area (Å²) in [6.45, 7) is 3.53. The number of hydrogen-bond donors (Lipinski definition) is 1. The molecule has 28 heavy (non-hydrogen) atoms. The second kappa shape index (κ2) is 7.80. The maximum absolute atomic E-state index is 12.9. The van der Waals surface area contributed by atoms with Crippen LogP contribution in [0.5, 0.6) is 0 Å². The first kappa shape index (κ1) is 18.2. The summed E-state index contributed by atoms with van der Waals surface area (Å²) in [7, 11) is 0. The molecule has 0 saturated carbocycles. The molecule has 1 aromatic carbocycles. The standard InChI is InChI=1S/C21H23N5O2/c1-15-11-23-19-18(12-24-26(19)13-15)21(28)25-10-8-17(14-25)20(27)22-9-7-16-5-3-2-4-6-16/h2-6,11-13,17H,7-10,14H2,1H3,(H,22,27)/t17-/m1/s1. The number of nitrogens with one attached hydrogen (secondary N) is 1. The Hall–Kier alpha value is -3.22. The van der Waals surface area contributed by atoms with E-state index < -0.39 is 0 Å². The molecule has 1 aliphatic heterocycles. The second-order valence-electron chi connectivity index (χ2n) is 7.22. The molecule has 4 rings (SSSR count). The van der Waals surface area contributed by atoms with Gasteiger partial charge in [0.05, 0.1) is 12.1 Å². The van der Waals surface area contributed by atoms with Crippen molar-refractivity contribution >= 4 is 17.5 Å². The molecule has 1 N–H and O–H groups in total. The first-order valence-corrected chi connectivity index (χ1v) is 9.53. The highest BCUT2D eigenvalue weighted by Gasteiger charge is 2.32. The van der Waals surface area contributed by atoms with Crippen molar-refractivity contribution < 1.29 is 9.59 Å². The van der Waals surface area contributed by atoms with Crippen LogP contribution in [0.15, 0.2) is 48.9 Å². The number of likely N-dealkylation sites (tertiary alicyclic amines) is 1. The third-order valence-corrected chi connectivity index (χ3v) is 5.12. The van der Waals surface area contributed by atoms with Crippen molar-refractivity contribution in [1.82, 2.24) is 24.8 Å². The molecule has 144 valence electrons. The number of nitrogens with zero attached hydrogens (tertiary/aromatic N) is 4. The molecule has 3 aromatic rings. The van der Waals surface area contributed by atoms with Gasteiger partial charge in [0.1, 0.15) is 5.56 Å². The molecule has 2 amide bonds. The zero-order valence-electron chi connectivity index (χ0n) is 15.8. The van der Waals surface area contributed by atoms with Gasteiger partial charge in [0.25, 0.3) is 5.91 Å². The SMILES string of the molecule is Cc1cnc2c(C(=O)N3CC[C@@H](C(=O)NCCc4ccccc4)C3)cnn2c1. The fourth-order valence-electron chi connectivity index (χ4n) is 3.57. The van der Waals surface area contributed by atoms with Gasteiger partial charge in [0, 0.05) is 32.0 Å². The van der Waals surface area contributed by atoms with Gasteiger partial charge in [-0.05, 0) is 30.9 Å². The normalized spacial score (nSPS) is 16.5. The summed E-state index contributed by atoms with van der Waals surface area (Å²) in [6, 6.07) is 10.1. The van der Waals surface area contributed by atoms with Crippen LogP contribution in [0.3, 0.4) is 0 Å². The number of rotatable bonds is 5. The van der Waals surface area contributed by atoms with Crippen molar-refractivity contribution in [1.29, 1.82) is 0 Å². The van der Waals surface area contributed by atoms with Gasteiger partial charge in [0.15, 0.2) is 5.65 Å². The Bertz CT molecular complexity index is 998. The van der Waals surface area contributed by atoms with E-state index in [9.17, 15) is 9.59 Å². The van der Waals surface area contributed by atoms with Crippen LogP contribution in [0.4, 0.5) is 0 Å². The van der Waals surface area contributed by atoms with Crippen LogP contribution in [0.2, 0.25) is 0 Å². The third-order valence-electron chi connectivity index (χ3n) is 5.12. The summed E-state index contributed by atoms with van der Waals surface area (Å²) in [4.78, 5) is 31.4. The number of hydrogen-bond acceptors (Lipinski definition) is 4. The molecule has 3 heterocycles. The molecule has 0 aliphatic carbocycles. The Morgan fingerprint density at radius 3 is 2.86 bits per heavy atom. The van der Waals surface area contributed by atoms with E-state index in [1.807, 2.05) is 43.5 Å². The third kappa shape index (κ3) is 3.74. The van der Waals surface area contributed by atoms with Crippen LogP contribution in [-0.2, 0) is 11.2 Å². The van der Waals surface area contributed by atoms with Crippen LogP contribution < -0.4 is 5.32 Å². The van der Waals surface area contributed by atoms with E-state index in [0.717, 1.165) is 12.0 Å².